The zero-order chi connectivity index (χ0) is 29.7. The maximum Gasteiger partial charge on any atom is 0.311 e. The van der Waals surface area contributed by atoms with Crippen molar-refractivity contribution in [3.05, 3.63) is 35.9 Å². The molecule has 0 saturated carbocycles. The number of benzene rings is 1. The molecule has 0 amide bonds. The highest BCUT2D eigenvalue weighted by Gasteiger charge is 2.40. The molecule has 8 rings (SSSR count). The third-order valence-corrected chi connectivity index (χ3v) is 9.25. The van der Waals surface area contributed by atoms with Gasteiger partial charge in [0.05, 0.1) is 67.7 Å². The Hall–Kier alpha value is -3.50. The Morgan fingerprint density at radius 2 is 1.79 bits per heavy atom. The van der Waals surface area contributed by atoms with Crippen molar-refractivity contribution in [1.29, 1.82) is 0 Å². The number of hydrogen-bond donors (Lipinski definition) is 0. The van der Waals surface area contributed by atoms with Crippen LogP contribution in [-0.2, 0) is 25.6 Å². The highest BCUT2D eigenvalue weighted by molar-refractivity contribution is 5.90. The van der Waals surface area contributed by atoms with Gasteiger partial charge in [-0.15, -0.1) is 0 Å². The summed E-state index contributed by atoms with van der Waals surface area (Å²) < 4.78 is 23.2. The van der Waals surface area contributed by atoms with Crippen molar-refractivity contribution in [3.63, 3.8) is 0 Å². The van der Waals surface area contributed by atoms with Gasteiger partial charge in [-0.25, -0.2) is 4.98 Å². The van der Waals surface area contributed by atoms with Crippen LogP contribution in [0.4, 0.5) is 11.8 Å². The van der Waals surface area contributed by atoms with Gasteiger partial charge >= 0.3 is 5.97 Å². The molecule has 5 aliphatic rings. The smallest absolute Gasteiger partial charge is 0.311 e. The summed E-state index contributed by atoms with van der Waals surface area (Å²) in [4.78, 5) is 32.8. The van der Waals surface area contributed by atoms with Gasteiger partial charge in [-0.2, -0.15) is 9.97 Å². The molecule has 7 heterocycles. The molecule has 3 aromatic rings. The van der Waals surface area contributed by atoms with Crippen LogP contribution in [0.3, 0.4) is 0 Å². The molecule has 0 radical (unpaired) electrons. The van der Waals surface area contributed by atoms with Gasteiger partial charge < -0.3 is 28.7 Å². The van der Waals surface area contributed by atoms with E-state index in [1.54, 1.807) is 7.11 Å². The number of hydrogen-bond acceptors (Lipinski definition) is 10. The number of anilines is 2. The van der Waals surface area contributed by atoms with E-state index in [1.807, 2.05) is 45.0 Å². The van der Waals surface area contributed by atoms with Crippen LogP contribution in [0.5, 0.6) is 5.75 Å². The Morgan fingerprint density at radius 1 is 0.977 bits per heavy atom. The zero-order valence-corrected chi connectivity index (χ0v) is 25.5. The molecule has 0 spiro atoms. The van der Waals surface area contributed by atoms with E-state index < -0.39 is 5.41 Å². The van der Waals surface area contributed by atoms with Gasteiger partial charge in [-0.05, 0) is 83.2 Å². The topological polar surface area (TPSA) is 99.1 Å². The van der Waals surface area contributed by atoms with Crippen molar-refractivity contribution >= 4 is 28.8 Å². The minimum absolute atomic E-state index is 0.122. The van der Waals surface area contributed by atoms with Crippen molar-refractivity contribution in [2.45, 2.75) is 83.7 Å². The largest absolute Gasteiger partial charge is 0.496 e. The average Bonchev–Trinajstić information content (AvgIpc) is 3.22. The summed E-state index contributed by atoms with van der Waals surface area (Å²) >= 11 is 0. The molecule has 1 aromatic carbocycles. The number of morpholine rings is 2. The van der Waals surface area contributed by atoms with Gasteiger partial charge in [-0.3, -0.25) is 4.79 Å². The summed E-state index contributed by atoms with van der Waals surface area (Å²) in [6.45, 7) is 8.64. The van der Waals surface area contributed by atoms with Gasteiger partial charge in [0.15, 0.2) is 5.65 Å². The lowest BCUT2D eigenvalue weighted by atomic mass is 9.97. The van der Waals surface area contributed by atoms with Crippen LogP contribution in [0.25, 0.3) is 22.3 Å². The fraction of sp³-hybridized carbons (Fsp3) is 0.576. The molecule has 10 nitrogen and oxygen atoms in total. The minimum Gasteiger partial charge on any atom is -0.496 e. The van der Waals surface area contributed by atoms with Crippen molar-refractivity contribution in [1.82, 2.24) is 15.0 Å². The van der Waals surface area contributed by atoms with E-state index in [2.05, 4.69) is 15.9 Å². The quantitative estimate of drug-likeness (QED) is 0.370. The molecule has 5 saturated heterocycles. The Balaban J connectivity index is 1.29. The van der Waals surface area contributed by atoms with Crippen LogP contribution >= 0.6 is 0 Å². The maximum absolute atomic E-state index is 12.5. The fourth-order valence-corrected chi connectivity index (χ4v) is 6.86. The Bertz CT molecular complexity index is 1500. The molecule has 228 valence electrons. The number of rotatable bonds is 6. The van der Waals surface area contributed by atoms with E-state index in [1.165, 1.54) is 6.42 Å². The number of carbonyl (C=O) groups excluding carboxylic acids is 1. The van der Waals surface area contributed by atoms with Crippen molar-refractivity contribution in [2.75, 3.05) is 43.3 Å². The molecular weight excluding hydrogens is 546 g/mol. The Labute approximate surface area is 252 Å². The van der Waals surface area contributed by atoms with Crippen LogP contribution in [0.15, 0.2) is 30.3 Å². The predicted molar refractivity (Wildman–Crippen MR) is 163 cm³/mol. The highest BCUT2D eigenvalue weighted by atomic mass is 16.5. The van der Waals surface area contributed by atoms with Gasteiger partial charge in [0.1, 0.15) is 18.2 Å². The molecule has 4 atom stereocenters. The Kier molecular flexibility index (Phi) is 7.37. The van der Waals surface area contributed by atoms with Gasteiger partial charge in [-0.1, -0.05) is 0 Å². The lowest BCUT2D eigenvalue weighted by molar-refractivity contribution is -0.154. The molecule has 5 aliphatic heterocycles. The molecule has 2 aromatic heterocycles. The number of fused-ring (bicyclic) bond motifs is 7. The van der Waals surface area contributed by atoms with Crippen LogP contribution in [0, 0.1) is 5.41 Å². The molecular formula is C33H41N5O5. The van der Waals surface area contributed by atoms with Gasteiger partial charge in [0, 0.05) is 17.7 Å². The molecule has 5 fully saturated rings. The molecule has 0 N–H and O–H groups in total. The van der Waals surface area contributed by atoms with Crippen LogP contribution < -0.4 is 14.5 Å². The lowest BCUT2D eigenvalue weighted by Crippen LogP contribution is -2.49. The fourth-order valence-electron chi connectivity index (χ4n) is 6.86. The number of ether oxygens (including phenoxy) is 4. The molecule has 4 unspecified atom stereocenters. The molecule has 10 heteroatoms. The summed E-state index contributed by atoms with van der Waals surface area (Å²) in [5, 5.41) is 0.952. The second-order valence-corrected chi connectivity index (χ2v) is 13.3. The molecule has 4 bridgehead atoms. The van der Waals surface area contributed by atoms with Crippen molar-refractivity contribution in [2.24, 2.45) is 5.41 Å². The summed E-state index contributed by atoms with van der Waals surface area (Å²) in [6, 6.07) is 10.9. The third kappa shape index (κ3) is 5.40. The predicted octanol–water partition coefficient (Wildman–Crippen LogP) is 4.92. The average molecular weight is 588 g/mol. The van der Waals surface area contributed by atoms with Crippen molar-refractivity contribution < 1.29 is 23.7 Å². The van der Waals surface area contributed by atoms with Crippen LogP contribution in [0.2, 0.25) is 0 Å². The zero-order valence-electron chi connectivity index (χ0n) is 25.5. The molecule has 0 aliphatic carbocycles. The van der Waals surface area contributed by atoms with E-state index in [0.29, 0.717) is 30.7 Å². The van der Waals surface area contributed by atoms with E-state index in [9.17, 15) is 4.79 Å². The van der Waals surface area contributed by atoms with Crippen LogP contribution in [-0.4, -0.2) is 78.6 Å². The monoisotopic (exact) mass is 587 g/mol. The SMILES string of the molecule is COc1ccc(-c2ccc3c(N4CC5CCCC4CO5)nc(N4C5CCC4COC5)nc3n2)cc1COC(=O)C(C)(C)C. The third-order valence-electron chi connectivity index (χ3n) is 9.25. The summed E-state index contributed by atoms with van der Waals surface area (Å²) in [5.74, 6) is 2.10. The normalized spacial score (nSPS) is 25.2. The number of aromatic nitrogens is 3. The number of esters is 1. The Morgan fingerprint density at radius 3 is 2.56 bits per heavy atom. The summed E-state index contributed by atoms with van der Waals surface area (Å²) in [7, 11) is 1.62. The lowest BCUT2D eigenvalue weighted by Gasteiger charge is -2.39. The maximum atomic E-state index is 12.5. The van der Waals surface area contributed by atoms with Crippen LogP contribution in [0.1, 0.15) is 58.4 Å². The first kappa shape index (κ1) is 28.3. The highest BCUT2D eigenvalue weighted by Crippen LogP contribution is 2.38. The van der Waals surface area contributed by atoms with E-state index in [4.69, 9.17) is 33.9 Å². The number of pyridine rings is 1. The summed E-state index contributed by atoms with van der Waals surface area (Å²) in [5.41, 5.74) is 2.58. The molecule has 43 heavy (non-hydrogen) atoms. The second-order valence-electron chi connectivity index (χ2n) is 13.3. The first-order valence-electron chi connectivity index (χ1n) is 15.6. The minimum atomic E-state index is -0.585. The number of methoxy groups -OCH3 is 1. The van der Waals surface area contributed by atoms with E-state index >= 15 is 0 Å². The number of nitrogens with zero attached hydrogens (tertiary/aromatic N) is 5. The number of carbonyl (C=O) groups is 1. The van der Waals surface area contributed by atoms with Gasteiger partial charge in [0.25, 0.3) is 0 Å². The van der Waals surface area contributed by atoms with E-state index in [0.717, 1.165) is 72.8 Å². The first-order valence-corrected chi connectivity index (χ1v) is 15.6. The summed E-state index contributed by atoms with van der Waals surface area (Å²) in [6.07, 6.45) is 5.76. The standard InChI is InChI=1S/C33H41N5O5/c1-33(2,3)31(39)43-16-21-14-20(8-13-28(21)40-4)27-12-11-26-29(34-27)35-32(38-23-9-10-24(38)18-41-17-23)36-30(26)37-15-25-7-5-6-22(37)19-42-25/h8,11-14,22-25H,5-7,9-10,15-19H2,1-4H3. The van der Waals surface area contributed by atoms with Gasteiger partial charge in [0.2, 0.25) is 5.95 Å². The van der Waals surface area contributed by atoms with E-state index in [-0.39, 0.29) is 30.8 Å². The second kappa shape index (κ2) is 11.2. The van der Waals surface area contributed by atoms with Crippen molar-refractivity contribution in [3.8, 4) is 17.0 Å². The first-order chi connectivity index (χ1) is 20.8.